The number of carboxylic acid groups (broad SMARTS) is 1. The summed E-state index contributed by atoms with van der Waals surface area (Å²) < 4.78 is 0. The molecule has 0 unspecified atom stereocenters. The van der Waals surface area contributed by atoms with E-state index in [2.05, 4.69) is 5.32 Å². The number of carboxylic acids is 1. The molecule has 2 N–H and O–H groups in total. The normalized spacial score (nSPS) is 19.5. The number of carbonyl (C=O) groups excluding carboxylic acids is 3. The molecule has 1 aromatic carbocycles. The highest BCUT2D eigenvalue weighted by molar-refractivity contribution is 7.98. The summed E-state index contributed by atoms with van der Waals surface area (Å²) in [7, 11) is 0. The Morgan fingerprint density at radius 3 is 2.67 bits per heavy atom. The van der Waals surface area contributed by atoms with Crippen molar-refractivity contribution in [2.75, 3.05) is 18.6 Å². The molecule has 0 saturated carbocycles. The number of imide groups is 1. The number of nitrogens with one attached hydrogen (secondary N) is 1. The number of hydrogen-bond acceptors (Lipinski definition) is 5. The fourth-order valence-corrected chi connectivity index (χ4v) is 3.96. The number of benzene rings is 1. The first kappa shape index (κ1) is 19.2. The molecule has 0 radical (unpaired) electrons. The van der Waals surface area contributed by atoms with Crippen LogP contribution in [0.3, 0.4) is 0 Å². The maximum Gasteiger partial charge on any atom is 0.327 e. The molecular formula is C18H21N3O5S. The first-order chi connectivity index (χ1) is 12.9. The Labute approximate surface area is 160 Å². The fraction of sp³-hybridized carbons (Fsp3) is 0.444. The van der Waals surface area contributed by atoms with Crippen LogP contribution in [0.2, 0.25) is 0 Å². The van der Waals surface area contributed by atoms with Gasteiger partial charge in [0.05, 0.1) is 0 Å². The summed E-state index contributed by atoms with van der Waals surface area (Å²) in [6.07, 6.45) is 2.10. The molecule has 2 heterocycles. The summed E-state index contributed by atoms with van der Waals surface area (Å²) in [4.78, 5) is 51.0. The van der Waals surface area contributed by atoms with Gasteiger partial charge in [0.25, 0.3) is 5.91 Å². The first-order valence-electron chi connectivity index (χ1n) is 8.62. The molecule has 1 saturated heterocycles. The molecule has 3 rings (SSSR count). The minimum absolute atomic E-state index is 0.0571. The molecule has 8 nitrogen and oxygen atoms in total. The van der Waals surface area contributed by atoms with Gasteiger partial charge in [0.1, 0.15) is 12.1 Å². The largest absolute Gasteiger partial charge is 0.480 e. The van der Waals surface area contributed by atoms with E-state index in [4.69, 9.17) is 5.11 Å². The van der Waals surface area contributed by atoms with Gasteiger partial charge in [0.15, 0.2) is 0 Å². The number of carbonyl (C=O) groups is 4. The molecule has 4 amide bonds. The molecular weight excluding hydrogens is 370 g/mol. The Morgan fingerprint density at radius 2 is 2.00 bits per heavy atom. The van der Waals surface area contributed by atoms with Crippen LogP contribution in [0.4, 0.5) is 4.79 Å². The maximum absolute atomic E-state index is 12.6. The van der Waals surface area contributed by atoms with E-state index in [0.29, 0.717) is 13.0 Å². The van der Waals surface area contributed by atoms with Crippen LogP contribution >= 0.6 is 11.8 Å². The monoisotopic (exact) mass is 391 g/mol. The van der Waals surface area contributed by atoms with Crippen molar-refractivity contribution in [1.29, 1.82) is 0 Å². The number of hydrogen-bond donors (Lipinski definition) is 2. The van der Waals surface area contributed by atoms with Crippen LogP contribution in [0.5, 0.6) is 0 Å². The summed E-state index contributed by atoms with van der Waals surface area (Å²) in [5.41, 5.74) is 2.08. The van der Waals surface area contributed by atoms with Crippen LogP contribution in [0, 0.1) is 0 Å². The fourth-order valence-electron chi connectivity index (χ4n) is 3.40. The van der Waals surface area contributed by atoms with Gasteiger partial charge >= 0.3 is 12.0 Å². The first-order valence-corrected chi connectivity index (χ1v) is 10.0. The Balaban J connectivity index is 1.61. The van der Waals surface area contributed by atoms with Crippen molar-refractivity contribution in [1.82, 2.24) is 15.1 Å². The maximum atomic E-state index is 12.6. The lowest BCUT2D eigenvalue weighted by Crippen LogP contribution is -2.44. The molecule has 9 heteroatoms. The van der Waals surface area contributed by atoms with Gasteiger partial charge in [-0.25, -0.2) is 9.59 Å². The predicted molar refractivity (Wildman–Crippen MR) is 99.2 cm³/mol. The van der Waals surface area contributed by atoms with Crippen LogP contribution in [-0.4, -0.2) is 69.4 Å². The van der Waals surface area contributed by atoms with Gasteiger partial charge in [-0.15, -0.1) is 0 Å². The number of amides is 4. The molecule has 27 heavy (non-hydrogen) atoms. The molecule has 2 aliphatic rings. The van der Waals surface area contributed by atoms with Crippen molar-refractivity contribution in [3.8, 4) is 0 Å². The van der Waals surface area contributed by atoms with E-state index in [9.17, 15) is 19.2 Å². The Bertz CT molecular complexity index is 741. The van der Waals surface area contributed by atoms with Crippen molar-refractivity contribution < 1.29 is 24.3 Å². The molecule has 0 aliphatic carbocycles. The van der Waals surface area contributed by atoms with Gasteiger partial charge < -0.3 is 15.3 Å². The highest BCUT2D eigenvalue weighted by Crippen LogP contribution is 2.29. The van der Waals surface area contributed by atoms with Crippen LogP contribution in [0.1, 0.15) is 17.5 Å². The molecule has 0 bridgehead atoms. The quantitative estimate of drug-likeness (QED) is 0.663. The van der Waals surface area contributed by atoms with Crippen LogP contribution in [-0.2, 0) is 27.3 Å². The van der Waals surface area contributed by atoms with E-state index in [0.717, 1.165) is 16.0 Å². The van der Waals surface area contributed by atoms with Gasteiger partial charge in [-0.1, -0.05) is 24.3 Å². The van der Waals surface area contributed by atoms with Crippen molar-refractivity contribution in [2.24, 2.45) is 0 Å². The van der Waals surface area contributed by atoms with Crippen LogP contribution in [0.15, 0.2) is 24.3 Å². The summed E-state index contributed by atoms with van der Waals surface area (Å²) in [6.45, 7) is 0.321. The van der Waals surface area contributed by atoms with Crippen molar-refractivity contribution >= 4 is 35.6 Å². The average molecular weight is 391 g/mol. The average Bonchev–Trinajstić information content (AvgIpc) is 2.88. The molecule has 144 valence electrons. The third-order valence-corrected chi connectivity index (χ3v) is 5.47. The van der Waals surface area contributed by atoms with Crippen LogP contribution < -0.4 is 5.32 Å². The highest BCUT2D eigenvalue weighted by Gasteiger charge is 2.46. The van der Waals surface area contributed by atoms with E-state index < -0.39 is 30.0 Å². The topological polar surface area (TPSA) is 107 Å². The number of aliphatic carboxylic acids is 1. The summed E-state index contributed by atoms with van der Waals surface area (Å²) >= 11 is 1.31. The lowest BCUT2D eigenvalue weighted by molar-refractivity contribution is -0.141. The van der Waals surface area contributed by atoms with E-state index >= 15 is 0 Å². The third-order valence-electron chi connectivity index (χ3n) is 4.81. The minimum Gasteiger partial charge on any atom is -0.480 e. The molecule has 0 aromatic heterocycles. The van der Waals surface area contributed by atoms with Crippen LogP contribution in [0.25, 0.3) is 0 Å². The van der Waals surface area contributed by atoms with Gasteiger partial charge in [-0.2, -0.15) is 11.8 Å². The van der Waals surface area contributed by atoms with E-state index in [1.807, 2.05) is 24.3 Å². The SMILES string of the molecule is CSC[C@H](NC(=O)CCN1C(=O)[C@H]2Cc3ccccc3CN2C1=O)C(=O)O. The van der Waals surface area contributed by atoms with E-state index in [1.54, 1.807) is 6.26 Å². The van der Waals surface area contributed by atoms with Gasteiger partial charge in [0.2, 0.25) is 5.91 Å². The summed E-state index contributed by atoms with van der Waals surface area (Å²) in [5, 5.41) is 11.5. The summed E-state index contributed by atoms with van der Waals surface area (Å²) in [5.74, 6) is -1.66. The number of urea groups is 1. The van der Waals surface area contributed by atoms with E-state index in [1.165, 1.54) is 16.7 Å². The zero-order valence-corrected chi connectivity index (χ0v) is 15.7. The number of thioether (sulfide) groups is 1. The zero-order valence-electron chi connectivity index (χ0n) is 14.9. The Kier molecular flexibility index (Phi) is 5.69. The molecule has 1 fully saturated rings. The second-order valence-electron chi connectivity index (χ2n) is 6.55. The summed E-state index contributed by atoms with van der Waals surface area (Å²) in [6, 6.07) is 5.79. The van der Waals surface area contributed by atoms with Gasteiger partial charge in [-0.3, -0.25) is 14.5 Å². The van der Waals surface area contributed by atoms with Crippen molar-refractivity contribution in [3.05, 3.63) is 35.4 Å². The molecule has 1 aromatic rings. The Morgan fingerprint density at radius 1 is 1.30 bits per heavy atom. The molecule has 2 atom stereocenters. The predicted octanol–water partition coefficient (Wildman–Crippen LogP) is 0.698. The van der Waals surface area contributed by atoms with Crippen molar-refractivity contribution in [2.45, 2.75) is 31.5 Å². The standard InChI is InChI=1S/C18H21N3O5S/c1-27-10-13(17(24)25)19-15(22)6-7-20-16(23)14-8-11-4-2-3-5-12(11)9-21(14)18(20)26/h2-5,13-14H,6-10H2,1H3,(H,19,22)(H,24,25)/t13-,14+/m0/s1. The van der Waals surface area contributed by atoms with Crippen molar-refractivity contribution in [3.63, 3.8) is 0 Å². The third kappa shape index (κ3) is 3.92. The number of rotatable bonds is 7. The minimum atomic E-state index is -1.11. The zero-order chi connectivity index (χ0) is 19.6. The second-order valence-corrected chi connectivity index (χ2v) is 7.46. The van der Waals surface area contributed by atoms with Gasteiger partial charge in [0, 0.05) is 31.7 Å². The lowest BCUT2D eigenvalue weighted by Gasteiger charge is -2.28. The number of nitrogens with zero attached hydrogens (tertiary/aromatic N) is 2. The number of fused-ring (bicyclic) bond motifs is 2. The van der Waals surface area contributed by atoms with Gasteiger partial charge in [-0.05, 0) is 17.4 Å². The van der Waals surface area contributed by atoms with E-state index in [-0.39, 0.29) is 24.6 Å². The smallest absolute Gasteiger partial charge is 0.327 e. The highest BCUT2D eigenvalue weighted by atomic mass is 32.2. The second kappa shape index (κ2) is 7.99. The molecule has 2 aliphatic heterocycles. The lowest BCUT2D eigenvalue weighted by atomic mass is 9.95. The Hall–Kier alpha value is -2.55. The molecule has 0 spiro atoms.